The van der Waals surface area contributed by atoms with Crippen molar-refractivity contribution in [3.63, 3.8) is 0 Å². The summed E-state index contributed by atoms with van der Waals surface area (Å²) in [6.07, 6.45) is 1.92. The van der Waals surface area contributed by atoms with E-state index in [1.165, 1.54) is 23.8 Å². The van der Waals surface area contributed by atoms with Gasteiger partial charge in [-0.15, -0.1) is 11.8 Å². The molecule has 3 rings (SSSR count). The first-order chi connectivity index (χ1) is 13.8. The number of anilines is 2. The van der Waals surface area contributed by atoms with Crippen LogP contribution in [0.25, 0.3) is 0 Å². The number of methoxy groups -OCH3 is 1. The van der Waals surface area contributed by atoms with Gasteiger partial charge in [0.1, 0.15) is 16.9 Å². The molecule has 152 valence electrons. The fourth-order valence-corrected chi connectivity index (χ4v) is 3.56. The highest BCUT2D eigenvalue weighted by atomic mass is 32.2. The lowest BCUT2D eigenvalue weighted by molar-refractivity contribution is -0.128. The van der Waals surface area contributed by atoms with Gasteiger partial charge >= 0.3 is 5.97 Å². The average molecular weight is 414 g/mol. The fourth-order valence-electron chi connectivity index (χ4n) is 3.14. The molecule has 0 saturated heterocycles. The van der Waals surface area contributed by atoms with E-state index in [1.807, 2.05) is 6.26 Å². The van der Waals surface area contributed by atoms with E-state index < -0.39 is 24.0 Å². The van der Waals surface area contributed by atoms with Crippen LogP contribution >= 0.6 is 11.8 Å². The van der Waals surface area contributed by atoms with Crippen LogP contribution in [0.1, 0.15) is 24.2 Å². The number of hydrogen-bond donors (Lipinski definition) is 1. The number of esters is 1. The second-order valence-corrected chi connectivity index (χ2v) is 7.78. The Morgan fingerprint density at radius 2 is 1.90 bits per heavy atom. The Morgan fingerprint density at radius 3 is 2.59 bits per heavy atom. The molecule has 0 atom stereocenters. The minimum absolute atomic E-state index is 0.231. The van der Waals surface area contributed by atoms with Gasteiger partial charge in [0.15, 0.2) is 6.61 Å². The molecule has 0 spiro atoms. The Kier molecular flexibility index (Phi) is 5.83. The van der Waals surface area contributed by atoms with Crippen molar-refractivity contribution in [1.29, 1.82) is 0 Å². The number of ether oxygens (including phenoxy) is 2. The van der Waals surface area contributed by atoms with E-state index in [2.05, 4.69) is 5.32 Å². The van der Waals surface area contributed by atoms with Crippen LogP contribution in [0.4, 0.5) is 11.4 Å². The third-order valence-corrected chi connectivity index (χ3v) is 5.44. The minimum atomic E-state index is -1.13. The number of amides is 2. The van der Waals surface area contributed by atoms with E-state index in [-0.39, 0.29) is 11.5 Å². The van der Waals surface area contributed by atoms with Crippen molar-refractivity contribution < 1.29 is 23.9 Å². The summed E-state index contributed by atoms with van der Waals surface area (Å²) in [5, 5.41) is 2.79. The van der Waals surface area contributed by atoms with E-state index in [4.69, 9.17) is 9.47 Å². The van der Waals surface area contributed by atoms with Crippen molar-refractivity contribution in [3.8, 4) is 5.75 Å². The summed E-state index contributed by atoms with van der Waals surface area (Å²) < 4.78 is 10.5. The highest BCUT2D eigenvalue weighted by Crippen LogP contribution is 2.36. The SMILES string of the molecule is COc1cc(SC)ccc1C(=O)OCC(=O)N1c2ccccc2NC(=O)C1(C)C. The molecular weight excluding hydrogens is 392 g/mol. The molecule has 0 fully saturated rings. The molecule has 1 aliphatic heterocycles. The van der Waals surface area contributed by atoms with Gasteiger partial charge in [-0.2, -0.15) is 0 Å². The first-order valence-corrected chi connectivity index (χ1v) is 10.1. The molecule has 29 heavy (non-hydrogen) atoms. The van der Waals surface area contributed by atoms with Gasteiger partial charge in [0.2, 0.25) is 5.91 Å². The van der Waals surface area contributed by atoms with Crippen LogP contribution in [-0.4, -0.2) is 43.3 Å². The summed E-state index contributed by atoms with van der Waals surface area (Å²) in [5.41, 5.74) is 0.190. The molecule has 1 heterocycles. The summed E-state index contributed by atoms with van der Waals surface area (Å²) in [5.74, 6) is -1.11. The Bertz CT molecular complexity index is 973. The summed E-state index contributed by atoms with van der Waals surface area (Å²) in [4.78, 5) is 40.2. The standard InChI is InChI=1S/C21H22N2O5S/c1-21(2)20(26)22-15-7-5-6-8-16(15)23(21)18(24)12-28-19(25)14-10-9-13(29-4)11-17(14)27-3/h5-11H,12H2,1-4H3,(H,22,26). The smallest absolute Gasteiger partial charge is 0.342 e. The zero-order chi connectivity index (χ0) is 21.2. The normalized spacial score (nSPS) is 14.6. The molecule has 1 aliphatic rings. The predicted octanol–water partition coefficient (Wildman–Crippen LogP) is 3.34. The van der Waals surface area contributed by atoms with Crippen LogP contribution in [0.2, 0.25) is 0 Å². The number of nitrogens with one attached hydrogen (secondary N) is 1. The molecular formula is C21H22N2O5S. The van der Waals surface area contributed by atoms with E-state index >= 15 is 0 Å². The van der Waals surface area contributed by atoms with Gasteiger partial charge in [-0.1, -0.05) is 12.1 Å². The van der Waals surface area contributed by atoms with Gasteiger partial charge in [0.25, 0.3) is 5.91 Å². The van der Waals surface area contributed by atoms with Crippen LogP contribution in [0.15, 0.2) is 47.4 Å². The van der Waals surface area contributed by atoms with Crippen LogP contribution in [-0.2, 0) is 14.3 Å². The summed E-state index contributed by atoms with van der Waals surface area (Å²) in [6.45, 7) is 2.78. The van der Waals surface area contributed by atoms with Crippen molar-refractivity contribution >= 4 is 40.9 Å². The molecule has 0 aliphatic carbocycles. The largest absolute Gasteiger partial charge is 0.496 e. The predicted molar refractivity (Wildman–Crippen MR) is 112 cm³/mol. The van der Waals surface area contributed by atoms with E-state index in [0.29, 0.717) is 17.1 Å². The van der Waals surface area contributed by atoms with Gasteiger partial charge in [0, 0.05) is 4.90 Å². The van der Waals surface area contributed by atoms with Crippen molar-refractivity contribution in [2.45, 2.75) is 24.3 Å². The zero-order valence-electron chi connectivity index (χ0n) is 16.6. The maximum absolute atomic E-state index is 12.9. The highest BCUT2D eigenvalue weighted by Gasteiger charge is 2.43. The molecule has 8 heteroatoms. The van der Waals surface area contributed by atoms with Crippen molar-refractivity contribution in [1.82, 2.24) is 0 Å². The number of carbonyl (C=O) groups excluding carboxylic acids is 3. The number of nitrogens with zero attached hydrogens (tertiary/aromatic N) is 1. The van der Waals surface area contributed by atoms with Crippen molar-refractivity contribution in [3.05, 3.63) is 48.0 Å². The summed E-state index contributed by atoms with van der Waals surface area (Å²) >= 11 is 1.52. The minimum Gasteiger partial charge on any atom is -0.496 e. The van der Waals surface area contributed by atoms with Crippen molar-refractivity contribution in [2.24, 2.45) is 0 Å². The second kappa shape index (κ2) is 8.16. The molecule has 0 radical (unpaired) electrons. The lowest BCUT2D eigenvalue weighted by Gasteiger charge is -2.41. The molecule has 7 nitrogen and oxygen atoms in total. The van der Waals surface area contributed by atoms with Crippen LogP contribution in [0.3, 0.4) is 0 Å². The number of benzene rings is 2. The van der Waals surface area contributed by atoms with Gasteiger partial charge in [-0.05, 0) is 50.4 Å². The molecule has 0 unspecified atom stereocenters. The first-order valence-electron chi connectivity index (χ1n) is 8.92. The number of carbonyl (C=O) groups is 3. The van der Waals surface area contributed by atoms with Crippen LogP contribution in [0.5, 0.6) is 5.75 Å². The topological polar surface area (TPSA) is 84.9 Å². The van der Waals surface area contributed by atoms with Gasteiger partial charge in [-0.3, -0.25) is 14.5 Å². The Morgan fingerprint density at radius 1 is 1.17 bits per heavy atom. The third-order valence-electron chi connectivity index (χ3n) is 4.71. The number of para-hydroxylation sites is 2. The molecule has 2 amide bonds. The van der Waals surface area contributed by atoms with Gasteiger partial charge in [-0.25, -0.2) is 4.79 Å². The highest BCUT2D eigenvalue weighted by molar-refractivity contribution is 7.98. The molecule has 1 N–H and O–H groups in total. The third kappa shape index (κ3) is 3.93. The summed E-state index contributed by atoms with van der Waals surface area (Å²) in [6, 6.07) is 12.1. The molecule has 0 aromatic heterocycles. The van der Waals surface area contributed by atoms with Gasteiger partial charge in [0.05, 0.1) is 18.5 Å². The van der Waals surface area contributed by atoms with E-state index in [9.17, 15) is 14.4 Å². The number of fused-ring (bicyclic) bond motifs is 1. The van der Waals surface area contributed by atoms with Crippen LogP contribution < -0.4 is 15.0 Å². The maximum atomic E-state index is 12.9. The molecule has 0 saturated carbocycles. The Labute approximate surface area is 173 Å². The second-order valence-electron chi connectivity index (χ2n) is 6.90. The Hall–Kier alpha value is -3.00. The average Bonchev–Trinajstić information content (AvgIpc) is 2.72. The molecule has 0 bridgehead atoms. The van der Waals surface area contributed by atoms with E-state index in [0.717, 1.165) is 4.90 Å². The van der Waals surface area contributed by atoms with Crippen molar-refractivity contribution in [2.75, 3.05) is 30.2 Å². The quantitative estimate of drug-likeness (QED) is 0.597. The monoisotopic (exact) mass is 414 g/mol. The number of thioether (sulfide) groups is 1. The number of hydrogen-bond acceptors (Lipinski definition) is 6. The zero-order valence-corrected chi connectivity index (χ0v) is 17.5. The lowest BCUT2D eigenvalue weighted by atomic mass is 9.96. The first kappa shape index (κ1) is 20.7. The maximum Gasteiger partial charge on any atom is 0.342 e. The lowest BCUT2D eigenvalue weighted by Crippen LogP contribution is -2.59. The van der Waals surface area contributed by atoms with Crippen LogP contribution in [0, 0.1) is 0 Å². The van der Waals surface area contributed by atoms with E-state index in [1.54, 1.807) is 56.3 Å². The Balaban J connectivity index is 1.80. The molecule has 2 aromatic rings. The van der Waals surface area contributed by atoms with Gasteiger partial charge < -0.3 is 14.8 Å². The fraction of sp³-hybridized carbons (Fsp3) is 0.286. The summed E-state index contributed by atoms with van der Waals surface area (Å²) in [7, 11) is 1.47. The number of rotatable bonds is 5. The molecule has 2 aromatic carbocycles.